The Kier molecular flexibility index (Phi) is 3.99. The normalized spacial score (nSPS) is 11.0. The molecule has 6 heteroatoms. The van der Waals surface area contributed by atoms with Crippen molar-refractivity contribution in [1.29, 1.82) is 0 Å². The van der Waals surface area contributed by atoms with E-state index in [1.165, 1.54) is 0 Å². The molecule has 0 aliphatic rings. The minimum Gasteiger partial charge on any atom is -0.338 e. The van der Waals surface area contributed by atoms with E-state index in [0.29, 0.717) is 11.3 Å². The fraction of sp³-hybridized carbons (Fsp3) is 0.462. The summed E-state index contributed by atoms with van der Waals surface area (Å²) in [5, 5.41) is 7.15. The van der Waals surface area contributed by atoms with E-state index in [1.54, 1.807) is 0 Å². The molecule has 0 saturated heterocycles. The topological polar surface area (TPSA) is 49.7 Å². The first-order chi connectivity index (χ1) is 8.99. The van der Waals surface area contributed by atoms with Crippen molar-refractivity contribution in [2.75, 3.05) is 11.9 Å². The number of hydrogen-bond donors (Lipinski definition) is 1. The predicted octanol–water partition coefficient (Wildman–Crippen LogP) is 2.86. The van der Waals surface area contributed by atoms with Gasteiger partial charge in [0.2, 0.25) is 5.95 Å². The zero-order valence-electron chi connectivity index (χ0n) is 11.7. The first-order valence-corrected chi connectivity index (χ1v) is 6.70. The van der Waals surface area contributed by atoms with Gasteiger partial charge in [-0.05, 0) is 45.1 Å². The van der Waals surface area contributed by atoms with Crippen molar-refractivity contribution in [3.8, 4) is 0 Å². The van der Waals surface area contributed by atoms with Crippen LogP contribution in [0, 0.1) is 11.7 Å². The average Bonchev–Trinajstić information content (AvgIpc) is 2.71. The average molecular weight is 277 g/mol. The predicted molar refractivity (Wildman–Crippen MR) is 78.9 cm³/mol. The summed E-state index contributed by atoms with van der Waals surface area (Å²) in [4.78, 5) is 6.55. The lowest BCUT2D eigenvalue weighted by molar-refractivity contribution is 0.582. The molecule has 0 spiro atoms. The third kappa shape index (κ3) is 3.01. The summed E-state index contributed by atoms with van der Waals surface area (Å²) in [5.74, 6) is 0.836. The first kappa shape index (κ1) is 13.7. The van der Waals surface area contributed by atoms with Gasteiger partial charge in [-0.25, -0.2) is 5.10 Å². The summed E-state index contributed by atoms with van der Waals surface area (Å²) in [6.07, 6.45) is 0. The van der Waals surface area contributed by atoms with Crippen LogP contribution in [0.3, 0.4) is 0 Å². The van der Waals surface area contributed by atoms with Gasteiger partial charge in [0.15, 0.2) is 4.77 Å². The Morgan fingerprint density at radius 3 is 2.79 bits per heavy atom. The molecule has 0 bridgehead atoms. The van der Waals surface area contributed by atoms with Gasteiger partial charge in [-0.1, -0.05) is 6.07 Å². The first-order valence-electron chi connectivity index (χ1n) is 6.29. The second kappa shape index (κ2) is 5.52. The van der Waals surface area contributed by atoms with Crippen LogP contribution in [-0.4, -0.2) is 26.8 Å². The highest BCUT2D eigenvalue weighted by atomic mass is 32.1. The Hall–Kier alpha value is -1.69. The number of hydrogen-bond acceptors (Lipinski definition) is 4. The standard InChI is InChI=1S/C13H19N5S/c1-9(2)18-12(15-16-13(18)19)17(4)8-11-7-5-6-10(3)14-11/h5-7,9H,8H2,1-4H3,(H,16,19). The van der Waals surface area contributed by atoms with E-state index in [0.717, 1.165) is 17.3 Å². The molecule has 0 fully saturated rings. The van der Waals surface area contributed by atoms with Crippen molar-refractivity contribution in [2.24, 2.45) is 0 Å². The van der Waals surface area contributed by atoms with E-state index in [9.17, 15) is 0 Å². The maximum Gasteiger partial charge on any atom is 0.226 e. The van der Waals surface area contributed by atoms with Crippen LogP contribution in [0.15, 0.2) is 18.2 Å². The lowest BCUT2D eigenvalue weighted by Gasteiger charge is -2.20. The van der Waals surface area contributed by atoms with Gasteiger partial charge < -0.3 is 4.90 Å². The molecule has 2 aromatic rings. The minimum absolute atomic E-state index is 0.272. The quantitative estimate of drug-likeness (QED) is 0.873. The van der Waals surface area contributed by atoms with Crippen molar-refractivity contribution in [1.82, 2.24) is 19.7 Å². The van der Waals surface area contributed by atoms with Crippen molar-refractivity contribution in [2.45, 2.75) is 33.4 Å². The van der Waals surface area contributed by atoms with Crippen LogP contribution in [0.1, 0.15) is 31.3 Å². The number of aryl methyl sites for hydroxylation is 1. The molecule has 2 aromatic heterocycles. The lowest BCUT2D eigenvalue weighted by Crippen LogP contribution is -2.22. The largest absolute Gasteiger partial charge is 0.338 e. The van der Waals surface area contributed by atoms with E-state index in [2.05, 4.69) is 29.0 Å². The SMILES string of the molecule is Cc1cccc(CN(C)c2n[nH]c(=S)n2C(C)C)n1. The highest BCUT2D eigenvalue weighted by Gasteiger charge is 2.14. The van der Waals surface area contributed by atoms with E-state index < -0.39 is 0 Å². The van der Waals surface area contributed by atoms with Crippen LogP contribution in [0.25, 0.3) is 0 Å². The molecular formula is C13H19N5S. The maximum atomic E-state index is 5.26. The van der Waals surface area contributed by atoms with Crippen LogP contribution in [-0.2, 0) is 6.54 Å². The molecule has 5 nitrogen and oxygen atoms in total. The van der Waals surface area contributed by atoms with Crippen molar-refractivity contribution < 1.29 is 0 Å². The monoisotopic (exact) mass is 277 g/mol. The third-order valence-electron chi connectivity index (χ3n) is 2.89. The summed E-state index contributed by atoms with van der Waals surface area (Å²) < 4.78 is 2.65. The summed E-state index contributed by atoms with van der Waals surface area (Å²) in [6, 6.07) is 6.30. The summed E-state index contributed by atoms with van der Waals surface area (Å²) >= 11 is 5.26. The molecule has 0 atom stereocenters. The van der Waals surface area contributed by atoms with Crippen molar-refractivity contribution in [3.63, 3.8) is 0 Å². The highest BCUT2D eigenvalue weighted by molar-refractivity contribution is 7.71. The van der Waals surface area contributed by atoms with E-state index in [-0.39, 0.29) is 6.04 Å². The molecule has 19 heavy (non-hydrogen) atoms. The van der Waals surface area contributed by atoms with E-state index in [4.69, 9.17) is 12.2 Å². The molecule has 0 saturated carbocycles. The number of nitrogens with zero attached hydrogens (tertiary/aromatic N) is 4. The fourth-order valence-corrected chi connectivity index (χ4v) is 2.37. The van der Waals surface area contributed by atoms with Gasteiger partial charge in [0.25, 0.3) is 0 Å². The van der Waals surface area contributed by atoms with Crippen LogP contribution in [0.5, 0.6) is 0 Å². The number of aromatic nitrogens is 4. The number of anilines is 1. The van der Waals surface area contributed by atoms with E-state index >= 15 is 0 Å². The summed E-state index contributed by atoms with van der Waals surface area (Å²) in [7, 11) is 1.99. The Morgan fingerprint density at radius 1 is 1.42 bits per heavy atom. The molecule has 0 amide bonds. The summed E-state index contributed by atoms with van der Waals surface area (Å²) in [5.41, 5.74) is 2.04. The number of rotatable bonds is 4. The third-order valence-corrected chi connectivity index (χ3v) is 3.18. The lowest BCUT2D eigenvalue weighted by atomic mass is 10.3. The van der Waals surface area contributed by atoms with Crippen LogP contribution in [0.4, 0.5) is 5.95 Å². The molecule has 0 aliphatic heterocycles. The molecule has 2 heterocycles. The van der Waals surface area contributed by atoms with Gasteiger partial charge in [-0.15, -0.1) is 5.10 Å². The van der Waals surface area contributed by atoms with Gasteiger partial charge in [-0.3, -0.25) is 9.55 Å². The van der Waals surface area contributed by atoms with Gasteiger partial charge in [0.05, 0.1) is 12.2 Å². The molecule has 102 valence electrons. The maximum absolute atomic E-state index is 5.26. The Morgan fingerprint density at radius 2 is 2.16 bits per heavy atom. The molecular weight excluding hydrogens is 258 g/mol. The van der Waals surface area contributed by atoms with Gasteiger partial charge in [-0.2, -0.15) is 0 Å². The molecule has 0 radical (unpaired) electrons. The van der Waals surface area contributed by atoms with E-state index in [1.807, 2.05) is 41.6 Å². The number of nitrogens with one attached hydrogen (secondary N) is 1. The number of aromatic amines is 1. The van der Waals surface area contributed by atoms with Crippen LogP contribution >= 0.6 is 12.2 Å². The molecule has 0 aromatic carbocycles. The van der Waals surface area contributed by atoms with Gasteiger partial charge in [0.1, 0.15) is 0 Å². The number of pyridine rings is 1. The Bertz CT molecular complexity index is 613. The van der Waals surface area contributed by atoms with Crippen LogP contribution < -0.4 is 4.90 Å². The zero-order valence-corrected chi connectivity index (χ0v) is 12.5. The minimum atomic E-state index is 0.272. The zero-order chi connectivity index (χ0) is 14.0. The number of H-pyrrole nitrogens is 1. The smallest absolute Gasteiger partial charge is 0.226 e. The molecule has 2 rings (SSSR count). The fourth-order valence-electron chi connectivity index (χ4n) is 2.03. The van der Waals surface area contributed by atoms with Crippen LogP contribution in [0.2, 0.25) is 0 Å². The molecule has 1 N–H and O–H groups in total. The van der Waals surface area contributed by atoms with Crippen molar-refractivity contribution >= 4 is 18.2 Å². The Balaban J connectivity index is 2.25. The van der Waals surface area contributed by atoms with Gasteiger partial charge >= 0.3 is 0 Å². The molecule has 0 unspecified atom stereocenters. The summed E-state index contributed by atoms with van der Waals surface area (Å²) in [6.45, 7) is 6.88. The Labute approximate surface area is 118 Å². The molecule has 0 aliphatic carbocycles. The second-order valence-corrected chi connectivity index (χ2v) is 5.31. The van der Waals surface area contributed by atoms with Crippen molar-refractivity contribution in [3.05, 3.63) is 34.4 Å². The second-order valence-electron chi connectivity index (χ2n) is 4.92. The van der Waals surface area contributed by atoms with Gasteiger partial charge in [0, 0.05) is 18.8 Å². The highest BCUT2D eigenvalue weighted by Crippen LogP contribution is 2.17.